The molecule has 0 aliphatic carbocycles. The Hall–Kier alpha value is -0.511. The SMILES string of the molecule is O=[PH2+].[Fe].c1ccc(Pc2ccccc2)cc1. The summed E-state index contributed by atoms with van der Waals surface area (Å²) in [6.45, 7) is 0. The van der Waals surface area contributed by atoms with Crippen LogP contribution in [0.15, 0.2) is 60.7 Å². The third-order valence-corrected chi connectivity index (χ3v) is 3.08. The van der Waals surface area contributed by atoms with Gasteiger partial charge in [0.05, 0.1) is 0 Å². The van der Waals surface area contributed by atoms with Gasteiger partial charge in [-0.15, -0.1) is 0 Å². The van der Waals surface area contributed by atoms with E-state index in [9.17, 15) is 0 Å². The molecule has 0 saturated carbocycles. The van der Waals surface area contributed by atoms with Gasteiger partial charge in [0.1, 0.15) is 0 Å². The number of benzene rings is 2. The third kappa shape index (κ3) is 5.54. The van der Waals surface area contributed by atoms with Crippen LogP contribution in [0.2, 0.25) is 0 Å². The Balaban J connectivity index is 0.000000711. The normalized spacial score (nSPS) is 8.25. The zero-order chi connectivity index (χ0) is 10.9. The fraction of sp³-hybridized carbons (Fsp3) is 0. The van der Waals surface area contributed by atoms with Gasteiger partial charge in [-0.25, -0.2) is 0 Å². The van der Waals surface area contributed by atoms with Crippen molar-refractivity contribution in [3.05, 3.63) is 60.7 Å². The summed E-state index contributed by atoms with van der Waals surface area (Å²) >= 11 is 0. The second kappa shape index (κ2) is 9.70. The van der Waals surface area contributed by atoms with Crippen LogP contribution < -0.4 is 10.6 Å². The number of rotatable bonds is 2. The zero-order valence-corrected chi connectivity index (χ0v) is 11.9. The number of hydrogen-bond donors (Lipinski definition) is 0. The van der Waals surface area contributed by atoms with Crippen LogP contribution in [-0.2, 0) is 21.6 Å². The van der Waals surface area contributed by atoms with E-state index >= 15 is 0 Å². The van der Waals surface area contributed by atoms with Gasteiger partial charge in [-0.1, -0.05) is 73.8 Å². The Kier molecular flexibility index (Phi) is 9.39. The molecular weight excluding hydrogens is 278 g/mol. The second-order valence-corrected chi connectivity index (χ2v) is 4.26. The van der Waals surface area contributed by atoms with Crippen LogP contribution in [0, 0.1) is 0 Å². The second-order valence-electron chi connectivity index (χ2n) is 2.86. The Morgan fingerprint density at radius 1 is 0.688 bits per heavy atom. The molecule has 0 saturated heterocycles. The largest absolute Gasteiger partial charge is 0.310 e. The summed E-state index contributed by atoms with van der Waals surface area (Å²) in [6, 6.07) is 21.2. The summed E-state index contributed by atoms with van der Waals surface area (Å²) < 4.78 is 8.17. The van der Waals surface area contributed by atoms with E-state index in [1.165, 1.54) is 19.7 Å². The maximum atomic E-state index is 8.17. The quantitative estimate of drug-likeness (QED) is 0.614. The molecule has 1 nitrogen and oxygen atoms in total. The average Bonchev–Trinajstić information content (AvgIpc) is 2.34. The molecule has 0 spiro atoms. The standard InChI is InChI=1S/C12H11P.Fe.H2OP/c1-3-7-11(8-4-1)13-12-9-5-2-6-10-12;;1-2/h1-10,13H;;2H2/q;;+1. The fourth-order valence-corrected chi connectivity index (χ4v) is 2.26. The van der Waals surface area contributed by atoms with E-state index in [0.29, 0.717) is 0 Å². The summed E-state index contributed by atoms with van der Waals surface area (Å²) in [7, 11) is 1.94. The van der Waals surface area contributed by atoms with Gasteiger partial charge in [-0.3, -0.25) is 0 Å². The summed E-state index contributed by atoms with van der Waals surface area (Å²) in [5.41, 5.74) is 0. The van der Waals surface area contributed by atoms with Gasteiger partial charge in [-0.05, 0) is 10.6 Å². The molecule has 0 radical (unpaired) electrons. The molecule has 2 aromatic rings. The zero-order valence-electron chi connectivity index (χ0n) is 8.61. The monoisotopic (exact) mass is 291 g/mol. The predicted octanol–water partition coefficient (Wildman–Crippen LogP) is 2.52. The molecule has 4 heteroatoms. The predicted molar refractivity (Wildman–Crippen MR) is 70.9 cm³/mol. The molecule has 0 aliphatic heterocycles. The molecule has 16 heavy (non-hydrogen) atoms. The molecule has 1 atom stereocenters. The molecule has 0 aromatic heterocycles. The van der Waals surface area contributed by atoms with Crippen molar-refractivity contribution in [1.29, 1.82) is 0 Å². The van der Waals surface area contributed by atoms with Crippen molar-refractivity contribution in [2.24, 2.45) is 0 Å². The minimum Gasteiger partial charge on any atom is -0.0801 e. The average molecular weight is 291 g/mol. The summed E-state index contributed by atoms with van der Waals surface area (Å²) in [5.74, 6) is 0. The van der Waals surface area contributed by atoms with E-state index in [1.54, 1.807) is 0 Å². The van der Waals surface area contributed by atoms with Crippen molar-refractivity contribution < 1.29 is 21.6 Å². The third-order valence-electron chi connectivity index (χ3n) is 1.84. The molecule has 84 valence electrons. The van der Waals surface area contributed by atoms with Crippen molar-refractivity contribution in [1.82, 2.24) is 0 Å². The van der Waals surface area contributed by atoms with E-state index in [-0.39, 0.29) is 17.1 Å². The molecule has 0 aliphatic rings. The molecule has 0 fully saturated rings. The smallest absolute Gasteiger partial charge is 0.0801 e. The van der Waals surface area contributed by atoms with E-state index < -0.39 is 0 Å². The molecule has 1 unspecified atom stereocenters. The molecule has 0 heterocycles. The molecule has 2 rings (SSSR count). The first-order valence-electron chi connectivity index (χ1n) is 4.56. The minimum atomic E-state index is 0. The first kappa shape index (κ1) is 15.5. The summed E-state index contributed by atoms with van der Waals surface area (Å²) in [4.78, 5) is 0. The molecule has 0 N–H and O–H groups in total. The van der Waals surface area contributed by atoms with Crippen LogP contribution in [-0.4, -0.2) is 0 Å². The van der Waals surface area contributed by atoms with Crippen molar-refractivity contribution >= 4 is 28.3 Å². The van der Waals surface area contributed by atoms with Crippen molar-refractivity contribution in [2.45, 2.75) is 0 Å². The van der Waals surface area contributed by atoms with Gasteiger partial charge >= 0.3 is 9.12 Å². The van der Waals surface area contributed by atoms with E-state index in [4.69, 9.17) is 4.57 Å². The number of hydrogen-bond acceptors (Lipinski definition) is 1. The Bertz CT molecular complexity index is 343. The Morgan fingerprint density at radius 2 is 1.00 bits per heavy atom. The van der Waals surface area contributed by atoms with Crippen molar-refractivity contribution in [3.63, 3.8) is 0 Å². The topological polar surface area (TPSA) is 17.1 Å². The van der Waals surface area contributed by atoms with Crippen LogP contribution in [0.5, 0.6) is 0 Å². The van der Waals surface area contributed by atoms with Crippen LogP contribution in [0.25, 0.3) is 0 Å². The summed E-state index contributed by atoms with van der Waals surface area (Å²) in [6.07, 6.45) is 0. The Morgan fingerprint density at radius 3 is 1.31 bits per heavy atom. The van der Waals surface area contributed by atoms with Crippen LogP contribution in [0.4, 0.5) is 0 Å². The molecule has 0 bridgehead atoms. The van der Waals surface area contributed by atoms with Gasteiger partial charge in [-0.2, -0.15) is 0 Å². The maximum absolute atomic E-state index is 8.17. The van der Waals surface area contributed by atoms with Crippen molar-refractivity contribution in [3.8, 4) is 0 Å². The van der Waals surface area contributed by atoms with Crippen molar-refractivity contribution in [2.75, 3.05) is 0 Å². The van der Waals surface area contributed by atoms with Gasteiger partial charge in [0.2, 0.25) is 0 Å². The first-order chi connectivity index (χ1) is 7.45. The van der Waals surface area contributed by atoms with Gasteiger partial charge < -0.3 is 0 Å². The Labute approximate surface area is 111 Å². The van der Waals surface area contributed by atoms with E-state index in [1.807, 2.05) is 0 Å². The maximum Gasteiger partial charge on any atom is 0.310 e. The van der Waals surface area contributed by atoms with Gasteiger partial charge in [0, 0.05) is 17.1 Å². The molecule has 2 aromatic carbocycles. The van der Waals surface area contributed by atoms with Gasteiger partial charge in [0.15, 0.2) is 0 Å². The molecule has 0 amide bonds. The first-order valence-corrected chi connectivity index (χ1v) is 6.03. The van der Waals surface area contributed by atoms with Crippen LogP contribution in [0.1, 0.15) is 0 Å². The van der Waals surface area contributed by atoms with Crippen LogP contribution >= 0.6 is 17.7 Å². The molecular formula is C12H13FeOP2+. The van der Waals surface area contributed by atoms with E-state index in [0.717, 1.165) is 8.58 Å². The minimum absolute atomic E-state index is 0. The fourth-order valence-electron chi connectivity index (χ4n) is 1.21. The van der Waals surface area contributed by atoms with E-state index in [2.05, 4.69) is 60.7 Å². The summed E-state index contributed by atoms with van der Waals surface area (Å²) in [5, 5.41) is 2.79. The van der Waals surface area contributed by atoms with Gasteiger partial charge in [0.25, 0.3) is 0 Å². The van der Waals surface area contributed by atoms with Crippen LogP contribution in [0.3, 0.4) is 0 Å².